The second-order valence-electron chi connectivity index (χ2n) is 2.49. The van der Waals surface area contributed by atoms with E-state index in [1.54, 1.807) is 6.20 Å². The van der Waals surface area contributed by atoms with Crippen molar-refractivity contribution >= 4 is 28.2 Å². The maximum atomic E-state index is 5.45. The Labute approximate surface area is 88.8 Å². The number of aromatic nitrogens is 4. The molecule has 14 heavy (non-hydrogen) atoms. The Kier molecular flexibility index (Phi) is 2.60. The molecule has 2 rings (SSSR count). The highest BCUT2D eigenvalue weighted by Crippen LogP contribution is 2.27. The van der Waals surface area contributed by atoms with E-state index in [2.05, 4.69) is 20.2 Å². The third-order valence-corrected chi connectivity index (χ3v) is 3.06. The number of rotatable bonds is 2. The molecule has 5 nitrogen and oxygen atoms in total. The van der Waals surface area contributed by atoms with Crippen molar-refractivity contribution in [2.24, 2.45) is 0 Å². The molecule has 0 unspecified atom stereocenters. The molecule has 0 radical (unpaired) electrons. The minimum Gasteiger partial charge on any atom is -0.374 e. The molecule has 2 aromatic heterocycles. The second-order valence-corrected chi connectivity index (χ2v) is 4.71. The van der Waals surface area contributed by atoms with Crippen LogP contribution in [0.3, 0.4) is 0 Å². The molecule has 7 heteroatoms. The van der Waals surface area contributed by atoms with E-state index in [1.807, 2.05) is 13.0 Å². The van der Waals surface area contributed by atoms with Gasteiger partial charge in [0.2, 0.25) is 5.13 Å². The van der Waals surface area contributed by atoms with Crippen LogP contribution in [0.2, 0.25) is 0 Å². The van der Waals surface area contributed by atoms with Crippen molar-refractivity contribution in [2.75, 3.05) is 5.73 Å². The lowest BCUT2D eigenvalue weighted by Crippen LogP contribution is -1.87. The number of nitrogens with two attached hydrogens (primary N) is 1. The van der Waals surface area contributed by atoms with E-state index in [9.17, 15) is 0 Å². The van der Waals surface area contributed by atoms with Crippen LogP contribution in [0, 0.1) is 6.92 Å². The zero-order valence-corrected chi connectivity index (χ0v) is 8.97. The minimum atomic E-state index is 0.458. The quantitative estimate of drug-likeness (QED) is 0.778. The highest BCUT2D eigenvalue weighted by Gasteiger charge is 2.05. The second kappa shape index (κ2) is 3.89. The zero-order chi connectivity index (χ0) is 9.97. The van der Waals surface area contributed by atoms with Gasteiger partial charge in [-0.2, -0.15) is 0 Å². The standard InChI is InChI=1S/C7H7N5S2/c1-4-2-3-9-6(10-4)14-7-12-11-5(8)13-7/h2-3H,1H3,(H2,8,11). The number of aryl methyl sites for hydroxylation is 1. The van der Waals surface area contributed by atoms with Crippen LogP contribution in [0.25, 0.3) is 0 Å². The highest BCUT2D eigenvalue weighted by atomic mass is 32.2. The summed E-state index contributed by atoms with van der Waals surface area (Å²) < 4.78 is 0.758. The maximum absolute atomic E-state index is 5.45. The van der Waals surface area contributed by atoms with Gasteiger partial charge in [-0.15, -0.1) is 10.2 Å². The average molecular weight is 225 g/mol. The first-order valence-electron chi connectivity index (χ1n) is 3.80. The summed E-state index contributed by atoms with van der Waals surface area (Å²) in [6.45, 7) is 1.92. The molecule has 0 fully saturated rings. The lowest BCUT2D eigenvalue weighted by molar-refractivity contribution is 0.926. The lowest BCUT2D eigenvalue weighted by atomic mass is 10.5. The van der Waals surface area contributed by atoms with Crippen LogP contribution >= 0.6 is 23.1 Å². The number of hydrogen-bond donors (Lipinski definition) is 1. The molecule has 2 N–H and O–H groups in total. The first-order valence-corrected chi connectivity index (χ1v) is 5.44. The molecular weight excluding hydrogens is 218 g/mol. The Balaban J connectivity index is 2.18. The van der Waals surface area contributed by atoms with Crippen molar-refractivity contribution < 1.29 is 0 Å². The normalized spacial score (nSPS) is 10.4. The molecule has 72 valence electrons. The van der Waals surface area contributed by atoms with Crippen molar-refractivity contribution in [3.05, 3.63) is 18.0 Å². The van der Waals surface area contributed by atoms with Crippen LogP contribution < -0.4 is 5.73 Å². The molecule has 2 aromatic rings. The summed E-state index contributed by atoms with van der Waals surface area (Å²) in [6.07, 6.45) is 1.72. The number of anilines is 1. The van der Waals surface area contributed by atoms with Gasteiger partial charge in [0.15, 0.2) is 9.50 Å². The van der Waals surface area contributed by atoms with Gasteiger partial charge in [-0.05, 0) is 24.8 Å². The first-order chi connectivity index (χ1) is 6.74. The first kappa shape index (κ1) is 9.35. The van der Waals surface area contributed by atoms with Crippen LogP contribution in [0.5, 0.6) is 0 Å². The van der Waals surface area contributed by atoms with Crippen molar-refractivity contribution in [3.8, 4) is 0 Å². The number of hydrogen-bond acceptors (Lipinski definition) is 7. The summed E-state index contributed by atoms with van der Waals surface area (Å²) in [5, 5.41) is 8.70. The molecule has 2 heterocycles. The Morgan fingerprint density at radius 2 is 2.29 bits per heavy atom. The third-order valence-electron chi connectivity index (χ3n) is 1.37. The summed E-state index contributed by atoms with van der Waals surface area (Å²) in [5.41, 5.74) is 6.38. The predicted octanol–water partition coefficient (Wildman–Crippen LogP) is 1.37. The summed E-state index contributed by atoms with van der Waals surface area (Å²) in [7, 11) is 0. The van der Waals surface area contributed by atoms with Crippen molar-refractivity contribution in [2.45, 2.75) is 16.4 Å². The molecule has 0 aromatic carbocycles. The Morgan fingerprint density at radius 1 is 1.43 bits per heavy atom. The van der Waals surface area contributed by atoms with E-state index in [-0.39, 0.29) is 0 Å². The van der Waals surface area contributed by atoms with Crippen molar-refractivity contribution in [1.29, 1.82) is 0 Å². The summed E-state index contributed by atoms with van der Waals surface area (Å²) >= 11 is 2.69. The van der Waals surface area contributed by atoms with E-state index < -0.39 is 0 Å². The summed E-state index contributed by atoms with van der Waals surface area (Å²) in [5.74, 6) is 0. The molecular formula is C7H7N5S2. The van der Waals surface area contributed by atoms with E-state index in [0.717, 1.165) is 10.0 Å². The SMILES string of the molecule is Cc1ccnc(Sc2nnc(N)s2)n1. The fraction of sp³-hybridized carbons (Fsp3) is 0.143. The summed E-state index contributed by atoms with van der Waals surface area (Å²) in [6, 6.07) is 1.85. The van der Waals surface area contributed by atoms with Crippen LogP contribution in [0.15, 0.2) is 21.8 Å². The number of nitrogen functional groups attached to an aromatic ring is 1. The van der Waals surface area contributed by atoms with Gasteiger partial charge < -0.3 is 5.73 Å². The predicted molar refractivity (Wildman–Crippen MR) is 55.2 cm³/mol. The average Bonchev–Trinajstić information content (AvgIpc) is 2.51. The fourth-order valence-electron chi connectivity index (χ4n) is 0.815. The van der Waals surface area contributed by atoms with E-state index in [1.165, 1.54) is 23.1 Å². The van der Waals surface area contributed by atoms with Crippen molar-refractivity contribution in [3.63, 3.8) is 0 Å². The van der Waals surface area contributed by atoms with Gasteiger partial charge in [0, 0.05) is 11.9 Å². The van der Waals surface area contributed by atoms with Crippen LogP contribution in [-0.2, 0) is 0 Å². The van der Waals surface area contributed by atoms with E-state index >= 15 is 0 Å². The molecule has 0 spiro atoms. The topological polar surface area (TPSA) is 77.6 Å². The zero-order valence-electron chi connectivity index (χ0n) is 7.34. The maximum Gasteiger partial charge on any atom is 0.203 e. The largest absolute Gasteiger partial charge is 0.374 e. The van der Waals surface area contributed by atoms with E-state index in [4.69, 9.17) is 5.73 Å². The lowest BCUT2D eigenvalue weighted by Gasteiger charge is -1.95. The molecule has 0 aliphatic heterocycles. The van der Waals surface area contributed by atoms with Gasteiger partial charge in [-0.1, -0.05) is 11.3 Å². The number of nitrogens with zero attached hydrogens (tertiary/aromatic N) is 4. The Morgan fingerprint density at radius 3 is 2.93 bits per heavy atom. The smallest absolute Gasteiger partial charge is 0.203 e. The van der Waals surface area contributed by atoms with Crippen LogP contribution in [0.1, 0.15) is 5.69 Å². The third kappa shape index (κ3) is 2.18. The van der Waals surface area contributed by atoms with E-state index in [0.29, 0.717) is 10.3 Å². The molecule has 0 aliphatic rings. The molecule has 0 amide bonds. The van der Waals surface area contributed by atoms with Gasteiger partial charge in [-0.25, -0.2) is 9.97 Å². The molecule has 0 aliphatic carbocycles. The summed E-state index contributed by atoms with van der Waals surface area (Å²) in [4.78, 5) is 8.32. The molecule has 0 atom stereocenters. The van der Waals surface area contributed by atoms with Gasteiger partial charge in [0.05, 0.1) is 0 Å². The van der Waals surface area contributed by atoms with Crippen LogP contribution in [-0.4, -0.2) is 20.2 Å². The molecule has 0 saturated heterocycles. The fourth-order valence-corrected chi connectivity index (χ4v) is 2.34. The molecule has 0 bridgehead atoms. The van der Waals surface area contributed by atoms with Gasteiger partial charge >= 0.3 is 0 Å². The minimum absolute atomic E-state index is 0.458. The van der Waals surface area contributed by atoms with Crippen molar-refractivity contribution in [1.82, 2.24) is 20.2 Å². The van der Waals surface area contributed by atoms with Gasteiger partial charge in [0.25, 0.3) is 0 Å². The monoisotopic (exact) mass is 225 g/mol. The van der Waals surface area contributed by atoms with Gasteiger partial charge in [0.1, 0.15) is 0 Å². The Hall–Kier alpha value is -1.21. The highest BCUT2D eigenvalue weighted by molar-refractivity contribution is 8.00. The van der Waals surface area contributed by atoms with Gasteiger partial charge in [-0.3, -0.25) is 0 Å². The molecule has 0 saturated carbocycles. The van der Waals surface area contributed by atoms with Crippen LogP contribution in [0.4, 0.5) is 5.13 Å². The Bertz CT molecular complexity index is 441.